The number of carbonyl (C=O) groups is 4. The Morgan fingerprint density at radius 1 is 0.517 bits per heavy atom. The van der Waals surface area contributed by atoms with Crippen LogP contribution in [-0.2, 0) is 38.4 Å². The van der Waals surface area contributed by atoms with E-state index in [-0.39, 0.29) is 71.4 Å². The fourth-order valence-electron chi connectivity index (χ4n) is 12.4. The maximum atomic E-state index is 14.0. The number of fused-ring (bicyclic) bond motifs is 2. The van der Waals surface area contributed by atoms with E-state index in [2.05, 4.69) is 122 Å². The summed E-state index contributed by atoms with van der Waals surface area (Å²) >= 11 is 0. The van der Waals surface area contributed by atoms with Crippen LogP contribution < -0.4 is 44.2 Å². The quantitative estimate of drug-likeness (QED) is 0.0180. The zero-order valence-electron chi connectivity index (χ0n) is 49.9. The molecule has 2 aliphatic heterocycles. The summed E-state index contributed by atoms with van der Waals surface area (Å²) in [5.41, 5.74) is 30.4. The lowest BCUT2D eigenvalue weighted by atomic mass is 9.83. The van der Waals surface area contributed by atoms with E-state index in [4.69, 9.17) is 22.9 Å². The van der Waals surface area contributed by atoms with Crippen LogP contribution in [0.25, 0.3) is 10.8 Å². The molecule has 454 valence electrons. The molecule has 2 saturated heterocycles. The van der Waals surface area contributed by atoms with Crippen molar-refractivity contribution in [3.05, 3.63) is 227 Å². The average molecular weight is 1170 g/mol. The number of guanidine groups is 2. The van der Waals surface area contributed by atoms with Gasteiger partial charge in [0.25, 0.3) is 0 Å². The van der Waals surface area contributed by atoms with Crippen molar-refractivity contribution in [3.63, 3.8) is 0 Å². The Bertz CT molecular complexity index is 3300. The van der Waals surface area contributed by atoms with Gasteiger partial charge < -0.3 is 54.0 Å². The minimum absolute atomic E-state index is 0.0197. The van der Waals surface area contributed by atoms with Crippen molar-refractivity contribution in [2.75, 3.05) is 52.4 Å². The van der Waals surface area contributed by atoms with Crippen LogP contribution in [0.5, 0.6) is 0 Å². The van der Waals surface area contributed by atoms with Gasteiger partial charge in [0.1, 0.15) is 0 Å². The lowest BCUT2D eigenvalue weighted by Gasteiger charge is -2.29. The molecule has 4 amide bonds. The van der Waals surface area contributed by atoms with Crippen molar-refractivity contribution in [1.82, 2.24) is 31.1 Å². The number of aliphatic imine (C=N–C) groups is 2. The van der Waals surface area contributed by atoms with Crippen LogP contribution in [0.4, 0.5) is 0 Å². The van der Waals surface area contributed by atoms with Crippen molar-refractivity contribution >= 4 is 46.3 Å². The lowest BCUT2D eigenvalue weighted by Crippen LogP contribution is -2.49. The number of hydrogen-bond acceptors (Lipinski definition) is 8. The maximum Gasteiger partial charge on any atom is 0.239 e. The first-order chi connectivity index (χ1) is 42.4. The maximum absolute atomic E-state index is 14.0. The second-order valence-corrected chi connectivity index (χ2v) is 23.2. The third-order valence-corrected chi connectivity index (χ3v) is 17.1. The van der Waals surface area contributed by atoms with Gasteiger partial charge in [-0.05, 0) is 108 Å². The zero-order chi connectivity index (χ0) is 60.7. The SMILES string of the molecule is NC(N)=NCCC[C@@H]1N[C@H](CNC(=O)C2CCc3ccccc3C2)CCN(CC(c2ccccc2)c2ccccc2)C1=O.NC(N)=NCCC[C@@H]1N[C@H](CNC(=O)Cc2ccc3ccccc3c2)CCN(CC(c2ccccc2)c2ccccc2)C1=O. The van der Waals surface area contributed by atoms with Crippen molar-refractivity contribution in [2.24, 2.45) is 38.8 Å². The van der Waals surface area contributed by atoms with Gasteiger partial charge in [0.2, 0.25) is 23.6 Å². The van der Waals surface area contributed by atoms with E-state index in [1.165, 1.54) is 33.4 Å². The Hall–Kier alpha value is -8.86. The van der Waals surface area contributed by atoms with Crippen molar-refractivity contribution < 1.29 is 19.2 Å². The van der Waals surface area contributed by atoms with Crippen LogP contribution in [-0.4, -0.2) is 122 Å². The number of nitrogens with one attached hydrogen (secondary N) is 4. The predicted molar refractivity (Wildman–Crippen MR) is 349 cm³/mol. The molecule has 7 aromatic rings. The number of amides is 4. The minimum Gasteiger partial charge on any atom is -0.370 e. The molecule has 7 aromatic carbocycles. The van der Waals surface area contributed by atoms with Gasteiger partial charge in [0, 0.05) is 82.2 Å². The molecule has 16 nitrogen and oxygen atoms in total. The molecular weight excluding hydrogens is 1080 g/mol. The van der Waals surface area contributed by atoms with E-state index < -0.39 is 6.04 Å². The molecule has 0 aromatic heterocycles. The topological polar surface area (TPSA) is 252 Å². The summed E-state index contributed by atoms with van der Waals surface area (Å²) in [6.45, 7) is 4.22. The third-order valence-electron chi connectivity index (χ3n) is 17.1. The van der Waals surface area contributed by atoms with E-state index in [0.29, 0.717) is 84.5 Å². The Kier molecular flexibility index (Phi) is 23.1. The third kappa shape index (κ3) is 18.6. The number of aryl methyl sites for hydroxylation is 1. The predicted octanol–water partition coefficient (Wildman–Crippen LogP) is 7.30. The Morgan fingerprint density at radius 3 is 1.44 bits per heavy atom. The van der Waals surface area contributed by atoms with Gasteiger partial charge in [-0.1, -0.05) is 188 Å². The fourth-order valence-corrected chi connectivity index (χ4v) is 12.4. The van der Waals surface area contributed by atoms with Crippen molar-refractivity contribution in [1.29, 1.82) is 0 Å². The highest BCUT2D eigenvalue weighted by molar-refractivity contribution is 5.86. The largest absolute Gasteiger partial charge is 0.370 e. The molecule has 2 heterocycles. The van der Waals surface area contributed by atoms with Gasteiger partial charge in [-0.3, -0.25) is 29.2 Å². The molecule has 5 atom stereocenters. The number of nitrogens with two attached hydrogens (primary N) is 4. The van der Waals surface area contributed by atoms with Gasteiger partial charge in [0.05, 0.1) is 18.5 Å². The molecule has 12 N–H and O–H groups in total. The number of hydrogen-bond donors (Lipinski definition) is 8. The first-order valence-electron chi connectivity index (χ1n) is 30.9. The average Bonchev–Trinajstić information content (AvgIpc) is 4.08. The highest BCUT2D eigenvalue weighted by Gasteiger charge is 2.35. The first-order valence-corrected chi connectivity index (χ1v) is 30.9. The van der Waals surface area contributed by atoms with Gasteiger partial charge >= 0.3 is 0 Å². The fraction of sp³-hybridized carbons (Fsp3) is 0.352. The molecule has 0 bridgehead atoms. The summed E-state index contributed by atoms with van der Waals surface area (Å²) < 4.78 is 0. The smallest absolute Gasteiger partial charge is 0.239 e. The summed E-state index contributed by atoms with van der Waals surface area (Å²) in [4.78, 5) is 66.4. The highest BCUT2D eigenvalue weighted by atomic mass is 16.2. The molecule has 0 saturated carbocycles. The standard InChI is InChI=1S/C36H42N6O2.C35H44N6O2/c37-36(38)39-20-9-16-33-35(44)42(25-32(28-11-3-1-4-12-28)29-13-5-2-6-14-29)21-19-31(41-33)24-40-34(43)23-26-17-18-27-10-7-8-15-30(27)22-26;36-35(37)38-20-9-16-32-34(43)41(24-31(26-11-3-1-4-12-26)27-13-5-2-6-14-27)21-19-30(40-32)23-39-33(42)29-18-17-25-10-7-8-15-28(25)22-29/h1-8,10-15,17-18,22,31-33,41H,9,16,19-21,23-25H2,(H,40,43)(H4,37,38,39);1-8,10-15,29-32,40H,9,16-24H2,(H,39,42)(H4,36,37,38)/t31-,33-;29?,30-,32-/m00/s1. The lowest BCUT2D eigenvalue weighted by molar-refractivity contribution is -0.133. The van der Waals surface area contributed by atoms with Gasteiger partial charge in [-0.25, -0.2) is 0 Å². The summed E-state index contributed by atoms with van der Waals surface area (Å²) in [5, 5.41) is 15.8. The van der Waals surface area contributed by atoms with Crippen LogP contribution >= 0.6 is 0 Å². The van der Waals surface area contributed by atoms with E-state index in [1.807, 2.05) is 107 Å². The van der Waals surface area contributed by atoms with Gasteiger partial charge in [0.15, 0.2) is 11.9 Å². The molecule has 87 heavy (non-hydrogen) atoms. The molecule has 16 heteroatoms. The second kappa shape index (κ2) is 32.0. The number of benzene rings is 7. The van der Waals surface area contributed by atoms with Crippen LogP contribution in [0.2, 0.25) is 0 Å². The minimum atomic E-state index is -0.402. The number of rotatable bonds is 23. The molecular formula is C71H86N12O4. The molecule has 10 rings (SSSR count). The number of carbonyl (C=O) groups excluding carboxylic acids is 4. The van der Waals surface area contributed by atoms with Crippen LogP contribution in [0.3, 0.4) is 0 Å². The summed E-state index contributed by atoms with van der Waals surface area (Å²) in [6.07, 6.45) is 6.89. The van der Waals surface area contributed by atoms with Crippen LogP contribution in [0.1, 0.15) is 95.7 Å². The van der Waals surface area contributed by atoms with E-state index in [0.717, 1.165) is 48.4 Å². The normalized spacial score (nSPS) is 18.6. The zero-order valence-corrected chi connectivity index (χ0v) is 49.9. The van der Waals surface area contributed by atoms with E-state index in [9.17, 15) is 19.2 Å². The summed E-state index contributed by atoms with van der Waals surface area (Å²) in [6, 6.07) is 63.3. The van der Waals surface area contributed by atoms with Crippen LogP contribution in [0.15, 0.2) is 198 Å². The molecule has 2 fully saturated rings. The second-order valence-electron chi connectivity index (χ2n) is 23.2. The first kappa shape index (κ1) is 62.7. The molecule has 0 spiro atoms. The molecule has 3 aliphatic rings. The highest BCUT2D eigenvalue weighted by Crippen LogP contribution is 2.30. The molecule has 0 radical (unpaired) electrons. The summed E-state index contributed by atoms with van der Waals surface area (Å²) in [5.74, 6) is 0.394. The van der Waals surface area contributed by atoms with Crippen molar-refractivity contribution in [2.45, 2.75) is 100 Å². The molecule has 1 unspecified atom stereocenters. The Morgan fingerprint density at radius 2 is 0.954 bits per heavy atom. The van der Waals surface area contributed by atoms with E-state index in [1.54, 1.807) is 0 Å². The monoisotopic (exact) mass is 1170 g/mol. The van der Waals surface area contributed by atoms with Crippen LogP contribution in [0, 0.1) is 5.92 Å². The Labute approximate surface area is 512 Å². The van der Waals surface area contributed by atoms with E-state index >= 15 is 0 Å². The molecule has 1 aliphatic carbocycles. The number of nitrogens with zero attached hydrogens (tertiary/aromatic N) is 4. The summed E-state index contributed by atoms with van der Waals surface area (Å²) in [7, 11) is 0. The van der Waals surface area contributed by atoms with Gasteiger partial charge in [-0.15, -0.1) is 0 Å². The van der Waals surface area contributed by atoms with Gasteiger partial charge in [-0.2, -0.15) is 0 Å². The Balaban J connectivity index is 0.000000208. The van der Waals surface area contributed by atoms with Crippen molar-refractivity contribution in [3.8, 4) is 0 Å².